The van der Waals surface area contributed by atoms with E-state index in [-0.39, 0.29) is 18.8 Å². The summed E-state index contributed by atoms with van der Waals surface area (Å²) in [5.74, 6) is -2.66. The minimum Gasteiger partial charge on any atom is -0.489 e. The van der Waals surface area contributed by atoms with Gasteiger partial charge < -0.3 is 15.2 Å². The van der Waals surface area contributed by atoms with Crippen LogP contribution in [0.15, 0.2) is 60.4 Å². The van der Waals surface area contributed by atoms with Gasteiger partial charge in [0.2, 0.25) is 10.0 Å². The summed E-state index contributed by atoms with van der Waals surface area (Å²) in [6.07, 6.45) is -0.461. The number of esters is 1. The first-order valence-corrected chi connectivity index (χ1v) is 11.9. The van der Waals surface area contributed by atoms with Gasteiger partial charge in [-0.1, -0.05) is 24.8 Å². The van der Waals surface area contributed by atoms with Crippen LogP contribution in [0.3, 0.4) is 0 Å². The molecule has 1 aliphatic rings. The van der Waals surface area contributed by atoms with Crippen molar-refractivity contribution in [1.29, 1.82) is 0 Å². The van der Waals surface area contributed by atoms with Gasteiger partial charge in [-0.2, -0.15) is 17.5 Å². The molecule has 0 amide bonds. The Balaban J connectivity index is 2.24. The average Bonchev–Trinajstić information content (AvgIpc) is 2.73. The summed E-state index contributed by atoms with van der Waals surface area (Å²) in [6, 6.07) is 7.05. The molecule has 182 valence electrons. The molecule has 0 bridgehead atoms. The van der Waals surface area contributed by atoms with Gasteiger partial charge in [0.25, 0.3) is 0 Å². The Kier molecular flexibility index (Phi) is 8.87. The Morgan fingerprint density at radius 1 is 1.27 bits per heavy atom. The smallest absolute Gasteiger partial charge is 0.489 e. The lowest BCUT2D eigenvalue weighted by atomic mass is 9.90. The number of ether oxygens (including phenoxy) is 2. The lowest BCUT2D eigenvalue weighted by Gasteiger charge is -2.36. The van der Waals surface area contributed by atoms with Gasteiger partial charge in [-0.25, -0.2) is 13.2 Å². The molecule has 2 atom stereocenters. The van der Waals surface area contributed by atoms with E-state index in [1.54, 1.807) is 31.2 Å². The molecule has 0 spiro atoms. The molecule has 1 saturated heterocycles. The summed E-state index contributed by atoms with van der Waals surface area (Å²) in [6.45, 7) is 5.96. The molecule has 1 fully saturated rings. The summed E-state index contributed by atoms with van der Waals surface area (Å²) in [5.41, 5.74) is 6.80. The minimum atomic E-state index is -5.15. The zero-order valence-corrected chi connectivity index (χ0v) is 19.2. The van der Waals surface area contributed by atoms with E-state index in [0.29, 0.717) is 24.3 Å². The minimum absolute atomic E-state index is 0.0659. The van der Waals surface area contributed by atoms with Gasteiger partial charge in [-0.05, 0) is 48.8 Å². The fourth-order valence-electron chi connectivity index (χ4n) is 3.28. The SMILES string of the molecule is C=C(/C=C(\C=C/C)OC(=O)C(F)(F)F)[C@H]1C[C@@H](Oc2ccc(CN)cc2)CN(S(C)(=O)=O)C1. The number of halogens is 3. The zero-order chi connectivity index (χ0) is 24.8. The number of piperidine rings is 1. The van der Waals surface area contributed by atoms with Crippen molar-refractivity contribution in [2.45, 2.75) is 32.2 Å². The standard InChI is InChI=1S/C22H27F3N2O5S/c1-4-5-19(32-21(28)22(23,24)25)10-15(2)17-11-20(14-27(13-17)33(3,29)30)31-18-8-6-16(12-26)7-9-18/h4-10,17,20H,2,11-14,26H2,1,3H3/b5-4-,19-10+/t17-,20+/m0/s1. The Bertz CT molecular complexity index is 1020. The van der Waals surface area contributed by atoms with Crippen molar-refractivity contribution in [1.82, 2.24) is 4.31 Å². The number of nitrogens with two attached hydrogens (primary N) is 1. The van der Waals surface area contributed by atoms with Gasteiger partial charge in [0, 0.05) is 19.0 Å². The van der Waals surface area contributed by atoms with Gasteiger partial charge in [0.05, 0.1) is 12.8 Å². The summed E-state index contributed by atoms with van der Waals surface area (Å²) in [7, 11) is -3.58. The predicted molar refractivity (Wildman–Crippen MR) is 117 cm³/mol. The van der Waals surface area contributed by atoms with E-state index in [9.17, 15) is 26.4 Å². The van der Waals surface area contributed by atoms with Crippen LogP contribution in [0.25, 0.3) is 0 Å². The summed E-state index contributed by atoms with van der Waals surface area (Å²) >= 11 is 0. The van der Waals surface area contributed by atoms with Crippen LogP contribution in [0.5, 0.6) is 5.75 Å². The van der Waals surface area contributed by atoms with Crippen LogP contribution in [0, 0.1) is 5.92 Å². The normalized spacial score (nSPS) is 20.6. The van der Waals surface area contributed by atoms with E-state index < -0.39 is 34.2 Å². The predicted octanol–water partition coefficient (Wildman–Crippen LogP) is 3.30. The highest BCUT2D eigenvalue weighted by atomic mass is 32.2. The van der Waals surface area contributed by atoms with Crippen LogP contribution in [0.2, 0.25) is 0 Å². The number of benzene rings is 1. The molecule has 7 nitrogen and oxygen atoms in total. The molecule has 33 heavy (non-hydrogen) atoms. The molecule has 0 aliphatic carbocycles. The Morgan fingerprint density at radius 2 is 1.91 bits per heavy atom. The second-order valence-corrected chi connectivity index (χ2v) is 9.59. The van der Waals surface area contributed by atoms with Crippen molar-refractivity contribution in [3.63, 3.8) is 0 Å². The third kappa shape index (κ3) is 8.02. The molecule has 1 heterocycles. The van der Waals surface area contributed by atoms with Crippen LogP contribution in [0.4, 0.5) is 13.2 Å². The van der Waals surface area contributed by atoms with E-state index in [1.807, 2.05) is 0 Å². The number of hydrogen-bond donors (Lipinski definition) is 1. The largest absolute Gasteiger partial charge is 0.491 e. The van der Waals surface area contributed by atoms with E-state index in [1.165, 1.54) is 22.5 Å². The van der Waals surface area contributed by atoms with Gasteiger partial charge in [0.1, 0.15) is 17.6 Å². The first-order chi connectivity index (χ1) is 15.3. The molecule has 0 saturated carbocycles. The highest BCUT2D eigenvalue weighted by molar-refractivity contribution is 7.88. The third-order valence-electron chi connectivity index (χ3n) is 4.93. The van der Waals surface area contributed by atoms with Crippen molar-refractivity contribution in [2.24, 2.45) is 11.7 Å². The van der Waals surface area contributed by atoms with Crippen LogP contribution in [-0.2, 0) is 26.1 Å². The maximum absolute atomic E-state index is 12.6. The van der Waals surface area contributed by atoms with Gasteiger partial charge in [0.15, 0.2) is 0 Å². The van der Waals surface area contributed by atoms with Gasteiger partial charge in [-0.3, -0.25) is 0 Å². The summed E-state index contributed by atoms with van der Waals surface area (Å²) in [4.78, 5) is 11.2. The molecular formula is C22H27F3N2O5S. The van der Waals surface area contributed by atoms with Crippen LogP contribution < -0.4 is 10.5 Å². The van der Waals surface area contributed by atoms with Crippen molar-refractivity contribution < 1.29 is 35.9 Å². The van der Waals surface area contributed by atoms with E-state index in [4.69, 9.17) is 10.5 Å². The van der Waals surface area contributed by atoms with E-state index >= 15 is 0 Å². The second kappa shape index (κ2) is 11.0. The first-order valence-electron chi connectivity index (χ1n) is 10.1. The highest BCUT2D eigenvalue weighted by Crippen LogP contribution is 2.29. The molecule has 0 radical (unpaired) electrons. The lowest BCUT2D eigenvalue weighted by Crippen LogP contribution is -2.48. The Morgan fingerprint density at radius 3 is 2.42 bits per heavy atom. The third-order valence-corrected chi connectivity index (χ3v) is 6.17. The van der Waals surface area contributed by atoms with Gasteiger partial charge >= 0.3 is 12.1 Å². The maximum Gasteiger partial charge on any atom is 0.491 e. The van der Waals surface area contributed by atoms with Gasteiger partial charge in [-0.15, -0.1) is 0 Å². The van der Waals surface area contributed by atoms with Crippen LogP contribution in [0.1, 0.15) is 18.9 Å². The molecule has 1 aromatic rings. The Labute approximate surface area is 191 Å². The molecule has 1 aliphatic heterocycles. The number of alkyl halides is 3. The number of rotatable bonds is 8. The molecule has 2 rings (SSSR count). The summed E-state index contributed by atoms with van der Waals surface area (Å²) < 4.78 is 73.8. The van der Waals surface area contributed by atoms with Crippen molar-refractivity contribution in [3.05, 3.63) is 66.0 Å². The number of carbonyl (C=O) groups is 1. The zero-order valence-electron chi connectivity index (χ0n) is 18.3. The van der Waals surface area contributed by atoms with Crippen LogP contribution >= 0.6 is 0 Å². The van der Waals surface area contributed by atoms with E-state index in [2.05, 4.69) is 11.3 Å². The molecule has 1 aromatic carbocycles. The fraction of sp³-hybridized carbons (Fsp3) is 0.409. The quantitative estimate of drug-likeness (QED) is 0.343. The van der Waals surface area contributed by atoms with Crippen molar-refractivity contribution >= 4 is 16.0 Å². The number of nitrogens with zero attached hydrogens (tertiary/aromatic N) is 1. The Hall–Kier alpha value is -2.63. The topological polar surface area (TPSA) is 98.9 Å². The number of allylic oxidation sites excluding steroid dienone is 3. The highest BCUT2D eigenvalue weighted by Gasteiger charge is 2.41. The molecule has 0 unspecified atom stereocenters. The number of sulfonamides is 1. The average molecular weight is 489 g/mol. The van der Waals surface area contributed by atoms with Crippen molar-refractivity contribution in [3.8, 4) is 5.75 Å². The summed E-state index contributed by atoms with van der Waals surface area (Å²) in [5, 5.41) is 0. The molecular weight excluding hydrogens is 461 g/mol. The number of hydrogen-bond acceptors (Lipinski definition) is 6. The fourth-order valence-corrected chi connectivity index (χ4v) is 4.16. The van der Waals surface area contributed by atoms with Crippen LogP contribution in [-0.4, -0.2) is 50.3 Å². The second-order valence-electron chi connectivity index (χ2n) is 7.61. The number of carbonyl (C=O) groups excluding carboxylic acids is 1. The van der Waals surface area contributed by atoms with E-state index in [0.717, 1.165) is 11.8 Å². The van der Waals surface area contributed by atoms with Crippen molar-refractivity contribution in [2.75, 3.05) is 19.3 Å². The lowest BCUT2D eigenvalue weighted by molar-refractivity contribution is -0.194. The molecule has 2 N–H and O–H groups in total. The molecule has 11 heteroatoms. The monoisotopic (exact) mass is 488 g/mol. The maximum atomic E-state index is 12.6. The molecule has 0 aromatic heterocycles. The first kappa shape index (κ1) is 26.6.